The fraction of sp³-hybridized carbons (Fsp3) is 0.500. The summed E-state index contributed by atoms with van der Waals surface area (Å²) >= 11 is 0. The Labute approximate surface area is 105 Å². The first kappa shape index (κ1) is 12.5. The maximum atomic E-state index is 5.41. The lowest BCUT2D eigenvalue weighted by Crippen LogP contribution is -2.14. The van der Waals surface area contributed by atoms with Crippen molar-refractivity contribution in [1.29, 1.82) is 0 Å². The molecule has 18 heavy (non-hydrogen) atoms. The Morgan fingerprint density at radius 2 is 2.00 bits per heavy atom. The van der Waals surface area contributed by atoms with E-state index in [1.807, 2.05) is 0 Å². The Bertz CT molecular complexity index is 514. The van der Waals surface area contributed by atoms with Crippen LogP contribution in [0.15, 0.2) is 16.9 Å². The molecule has 0 bridgehead atoms. The minimum atomic E-state index is -0.0175. The van der Waals surface area contributed by atoms with Crippen LogP contribution in [0.5, 0.6) is 5.88 Å². The molecule has 0 N–H and O–H groups in total. The first-order chi connectivity index (χ1) is 8.45. The van der Waals surface area contributed by atoms with E-state index in [1.165, 1.54) is 0 Å². The lowest BCUT2D eigenvalue weighted by atomic mass is 9.93. The number of aromatic nitrogens is 4. The highest BCUT2D eigenvalue weighted by molar-refractivity contribution is 5.13. The smallest absolute Gasteiger partial charge is 0.232 e. The quantitative estimate of drug-likeness (QED) is 0.827. The average Bonchev–Trinajstić information content (AvgIpc) is 2.72. The zero-order valence-corrected chi connectivity index (χ0v) is 11.0. The molecule has 0 spiro atoms. The van der Waals surface area contributed by atoms with Gasteiger partial charge in [-0.05, 0) is 0 Å². The van der Waals surface area contributed by atoms with Gasteiger partial charge < -0.3 is 9.26 Å². The van der Waals surface area contributed by atoms with Crippen molar-refractivity contribution in [2.75, 3.05) is 0 Å². The van der Waals surface area contributed by atoms with Crippen molar-refractivity contribution in [3.05, 3.63) is 29.8 Å². The molecule has 0 aliphatic carbocycles. The van der Waals surface area contributed by atoms with Gasteiger partial charge in [0.15, 0.2) is 6.61 Å². The van der Waals surface area contributed by atoms with E-state index < -0.39 is 0 Å². The van der Waals surface area contributed by atoms with Crippen molar-refractivity contribution in [3.8, 4) is 5.88 Å². The van der Waals surface area contributed by atoms with E-state index in [0.717, 1.165) is 5.69 Å². The predicted molar refractivity (Wildman–Crippen MR) is 64.1 cm³/mol. The van der Waals surface area contributed by atoms with E-state index in [1.54, 1.807) is 19.3 Å². The molecule has 6 nitrogen and oxygen atoms in total. The van der Waals surface area contributed by atoms with Gasteiger partial charge in [-0.15, -0.1) is 0 Å². The minimum Gasteiger partial charge on any atom is -0.468 e. The van der Waals surface area contributed by atoms with Gasteiger partial charge in [0.05, 0.1) is 18.1 Å². The van der Waals surface area contributed by atoms with Gasteiger partial charge in [0, 0.05) is 12.3 Å². The van der Waals surface area contributed by atoms with Crippen LogP contribution in [-0.4, -0.2) is 20.1 Å². The summed E-state index contributed by atoms with van der Waals surface area (Å²) in [5, 5.41) is 3.73. The van der Waals surface area contributed by atoms with Crippen molar-refractivity contribution in [2.24, 2.45) is 0 Å². The van der Waals surface area contributed by atoms with E-state index in [4.69, 9.17) is 9.26 Å². The third-order valence-corrected chi connectivity index (χ3v) is 2.32. The number of hydrogen-bond donors (Lipinski definition) is 0. The van der Waals surface area contributed by atoms with E-state index in [9.17, 15) is 0 Å². The molecule has 0 unspecified atom stereocenters. The first-order valence-corrected chi connectivity index (χ1v) is 5.69. The predicted octanol–water partition coefficient (Wildman–Crippen LogP) is 2.04. The van der Waals surface area contributed by atoms with Gasteiger partial charge in [0.1, 0.15) is 0 Å². The number of hydrogen-bond acceptors (Lipinski definition) is 6. The molecule has 0 aromatic carbocycles. The third-order valence-electron chi connectivity index (χ3n) is 2.32. The Balaban J connectivity index is 1.98. The van der Waals surface area contributed by atoms with Gasteiger partial charge in [-0.25, -0.2) is 4.98 Å². The second-order valence-electron chi connectivity index (χ2n) is 5.01. The fourth-order valence-corrected chi connectivity index (χ4v) is 1.32. The highest BCUT2D eigenvalue weighted by Crippen LogP contribution is 2.19. The molecule has 0 atom stereocenters. The van der Waals surface area contributed by atoms with Crippen molar-refractivity contribution in [3.63, 3.8) is 0 Å². The second kappa shape index (κ2) is 4.72. The largest absolute Gasteiger partial charge is 0.468 e. The summed E-state index contributed by atoms with van der Waals surface area (Å²) in [6, 6.07) is 0. The van der Waals surface area contributed by atoms with Crippen LogP contribution in [0.4, 0.5) is 0 Å². The van der Waals surface area contributed by atoms with Crippen molar-refractivity contribution >= 4 is 0 Å². The molecular formula is C12H16N4O2. The third kappa shape index (κ3) is 3.03. The summed E-state index contributed by atoms with van der Waals surface area (Å²) in [6.07, 6.45) is 3.32. The van der Waals surface area contributed by atoms with Gasteiger partial charge in [-0.3, -0.25) is 4.98 Å². The Morgan fingerprint density at radius 1 is 1.22 bits per heavy atom. The maximum absolute atomic E-state index is 5.41. The molecule has 0 fully saturated rings. The average molecular weight is 248 g/mol. The van der Waals surface area contributed by atoms with E-state index in [0.29, 0.717) is 17.6 Å². The molecule has 0 saturated heterocycles. The molecule has 96 valence electrons. The fourth-order valence-electron chi connectivity index (χ4n) is 1.32. The minimum absolute atomic E-state index is 0.0175. The highest BCUT2D eigenvalue weighted by atomic mass is 16.5. The summed E-state index contributed by atoms with van der Waals surface area (Å²) in [7, 11) is 0. The van der Waals surface area contributed by atoms with Crippen LogP contribution in [0, 0.1) is 6.92 Å². The van der Waals surface area contributed by atoms with Crippen molar-refractivity contribution in [2.45, 2.75) is 39.7 Å². The summed E-state index contributed by atoms with van der Waals surface area (Å²) in [5.74, 6) is 1.46. The molecule has 0 amide bonds. The van der Waals surface area contributed by atoms with Gasteiger partial charge in [0.2, 0.25) is 17.6 Å². The van der Waals surface area contributed by atoms with Crippen LogP contribution in [0.2, 0.25) is 0 Å². The SMILES string of the molecule is Cc1nc(COc2cnc(C(C)(C)C)cn2)no1. The molecule has 2 heterocycles. The number of rotatable bonds is 3. The second-order valence-corrected chi connectivity index (χ2v) is 5.01. The monoisotopic (exact) mass is 248 g/mol. The summed E-state index contributed by atoms with van der Waals surface area (Å²) in [4.78, 5) is 12.5. The van der Waals surface area contributed by atoms with Crippen LogP contribution in [0.3, 0.4) is 0 Å². The molecule has 2 aromatic heterocycles. The van der Waals surface area contributed by atoms with Gasteiger partial charge in [0.25, 0.3) is 0 Å². The van der Waals surface area contributed by atoms with Gasteiger partial charge in [-0.1, -0.05) is 25.9 Å². The van der Waals surface area contributed by atoms with E-state index in [2.05, 4.69) is 40.9 Å². The zero-order valence-electron chi connectivity index (χ0n) is 11.0. The van der Waals surface area contributed by atoms with Crippen LogP contribution >= 0.6 is 0 Å². The number of aryl methyl sites for hydroxylation is 1. The summed E-state index contributed by atoms with van der Waals surface area (Å²) in [6.45, 7) is 8.20. The van der Waals surface area contributed by atoms with Gasteiger partial charge in [-0.2, -0.15) is 4.98 Å². The summed E-state index contributed by atoms with van der Waals surface area (Å²) in [5.41, 5.74) is 0.904. The molecule has 2 rings (SSSR count). The number of nitrogens with zero attached hydrogens (tertiary/aromatic N) is 4. The van der Waals surface area contributed by atoms with E-state index >= 15 is 0 Å². The van der Waals surface area contributed by atoms with Crippen LogP contribution in [0.25, 0.3) is 0 Å². The molecule has 0 aliphatic rings. The topological polar surface area (TPSA) is 73.9 Å². The maximum Gasteiger partial charge on any atom is 0.232 e. The molecule has 2 aromatic rings. The normalized spacial score (nSPS) is 11.6. The molecule has 6 heteroatoms. The van der Waals surface area contributed by atoms with Crippen LogP contribution in [-0.2, 0) is 12.0 Å². The molecular weight excluding hydrogens is 232 g/mol. The standard InChI is InChI=1S/C12H16N4O2/c1-8-15-10(16-18-8)7-17-11-6-13-9(5-14-11)12(2,3)4/h5-6H,7H2,1-4H3. The Hall–Kier alpha value is -1.98. The summed E-state index contributed by atoms with van der Waals surface area (Å²) < 4.78 is 10.3. The zero-order chi connectivity index (χ0) is 13.2. The van der Waals surface area contributed by atoms with Gasteiger partial charge >= 0.3 is 0 Å². The highest BCUT2D eigenvalue weighted by Gasteiger charge is 2.15. The Kier molecular flexibility index (Phi) is 3.27. The van der Waals surface area contributed by atoms with Crippen molar-refractivity contribution in [1.82, 2.24) is 20.1 Å². The lowest BCUT2D eigenvalue weighted by Gasteiger charge is -2.16. The molecule has 0 saturated carbocycles. The molecule has 0 aliphatic heterocycles. The van der Waals surface area contributed by atoms with Crippen LogP contribution in [0.1, 0.15) is 38.2 Å². The van der Waals surface area contributed by atoms with Crippen LogP contribution < -0.4 is 4.74 Å². The lowest BCUT2D eigenvalue weighted by molar-refractivity contribution is 0.273. The van der Waals surface area contributed by atoms with E-state index in [-0.39, 0.29) is 12.0 Å². The first-order valence-electron chi connectivity index (χ1n) is 5.69. The Morgan fingerprint density at radius 3 is 2.50 bits per heavy atom. The molecule has 0 radical (unpaired) electrons. The van der Waals surface area contributed by atoms with Crippen molar-refractivity contribution < 1.29 is 9.26 Å². The number of ether oxygens (including phenoxy) is 1.